The summed E-state index contributed by atoms with van der Waals surface area (Å²) in [6, 6.07) is 23.3. The molecule has 0 radical (unpaired) electrons. The second-order valence-corrected chi connectivity index (χ2v) is 9.79. The van der Waals surface area contributed by atoms with Gasteiger partial charge in [0, 0.05) is 27.3 Å². The summed E-state index contributed by atoms with van der Waals surface area (Å²) in [5.74, 6) is -1.05. The van der Waals surface area contributed by atoms with Gasteiger partial charge in [0.2, 0.25) is 0 Å². The lowest BCUT2D eigenvalue weighted by atomic mass is 9.97. The zero-order valence-corrected chi connectivity index (χ0v) is 22.1. The SMILES string of the molecule is CCCc1ccc(-c2ccc(-c3c(-c4ccc(Cl)cc4)cnn3C(=O)c3cccc(C(F)(F)F)c3)cc2)c(F)c1. The van der Waals surface area contributed by atoms with E-state index in [0.717, 1.165) is 35.2 Å². The number of halogens is 5. The van der Waals surface area contributed by atoms with E-state index in [1.54, 1.807) is 54.6 Å². The Bertz CT molecular complexity index is 1670. The van der Waals surface area contributed by atoms with Crippen LogP contribution in [-0.2, 0) is 12.6 Å². The molecule has 0 unspecified atom stereocenters. The number of rotatable bonds is 6. The highest BCUT2D eigenvalue weighted by Crippen LogP contribution is 2.36. The predicted molar refractivity (Wildman–Crippen MR) is 149 cm³/mol. The van der Waals surface area contributed by atoms with Crippen LogP contribution in [0.5, 0.6) is 0 Å². The molecular weight excluding hydrogens is 540 g/mol. The number of hydrogen-bond acceptors (Lipinski definition) is 2. The Morgan fingerprint density at radius 1 is 0.850 bits per heavy atom. The first-order chi connectivity index (χ1) is 19.2. The topological polar surface area (TPSA) is 34.9 Å². The van der Waals surface area contributed by atoms with Gasteiger partial charge < -0.3 is 0 Å². The van der Waals surface area contributed by atoms with Crippen LogP contribution in [0.1, 0.15) is 34.8 Å². The maximum Gasteiger partial charge on any atom is 0.416 e. The van der Waals surface area contributed by atoms with Crippen LogP contribution >= 0.6 is 11.6 Å². The normalized spacial score (nSPS) is 11.6. The molecule has 0 fully saturated rings. The van der Waals surface area contributed by atoms with Gasteiger partial charge in [0.25, 0.3) is 5.91 Å². The standard InChI is InChI=1S/C32H23ClF4N2O/c1-2-4-20-7-16-27(29(34)17-20)21-8-10-23(11-9-21)30-28(22-12-14-26(33)15-13-22)19-38-39(30)31(40)24-5-3-6-25(18-24)32(35,36)37/h3,5-19H,2,4H2,1H3. The molecule has 0 saturated heterocycles. The van der Waals surface area contributed by atoms with E-state index in [-0.39, 0.29) is 11.4 Å². The summed E-state index contributed by atoms with van der Waals surface area (Å²) in [7, 11) is 0. The summed E-state index contributed by atoms with van der Waals surface area (Å²) < 4.78 is 56.0. The molecule has 202 valence electrons. The molecule has 1 aromatic heterocycles. The lowest BCUT2D eigenvalue weighted by Gasteiger charge is -2.12. The van der Waals surface area contributed by atoms with Crippen LogP contribution in [0.25, 0.3) is 33.5 Å². The van der Waals surface area contributed by atoms with Gasteiger partial charge in [-0.1, -0.05) is 79.5 Å². The van der Waals surface area contributed by atoms with E-state index in [2.05, 4.69) is 5.10 Å². The summed E-state index contributed by atoms with van der Waals surface area (Å²) in [5, 5.41) is 4.80. The number of aromatic nitrogens is 2. The molecular formula is C32H23ClF4N2O. The van der Waals surface area contributed by atoms with Crippen LogP contribution in [0.2, 0.25) is 5.02 Å². The smallest absolute Gasteiger partial charge is 0.267 e. The van der Waals surface area contributed by atoms with Crippen molar-refractivity contribution in [3.63, 3.8) is 0 Å². The molecule has 0 atom stereocenters. The Morgan fingerprint density at radius 2 is 1.50 bits per heavy atom. The monoisotopic (exact) mass is 562 g/mol. The van der Waals surface area contributed by atoms with Gasteiger partial charge in [-0.25, -0.2) is 4.39 Å². The number of hydrogen-bond donors (Lipinski definition) is 0. The highest BCUT2D eigenvalue weighted by atomic mass is 35.5. The molecule has 0 aliphatic rings. The Morgan fingerprint density at radius 3 is 2.15 bits per heavy atom. The number of carbonyl (C=O) groups is 1. The molecule has 1 heterocycles. The highest BCUT2D eigenvalue weighted by Gasteiger charge is 2.31. The van der Waals surface area contributed by atoms with Crippen molar-refractivity contribution in [2.24, 2.45) is 0 Å². The van der Waals surface area contributed by atoms with Crippen LogP contribution < -0.4 is 0 Å². The van der Waals surface area contributed by atoms with Crippen molar-refractivity contribution in [3.8, 4) is 33.5 Å². The number of benzene rings is 4. The Hall–Kier alpha value is -4.23. The molecule has 0 bridgehead atoms. The van der Waals surface area contributed by atoms with E-state index < -0.39 is 17.6 Å². The van der Waals surface area contributed by atoms with E-state index in [4.69, 9.17) is 11.6 Å². The molecule has 0 aliphatic heterocycles. The zero-order valence-electron chi connectivity index (χ0n) is 21.3. The molecule has 40 heavy (non-hydrogen) atoms. The van der Waals surface area contributed by atoms with Crippen LogP contribution in [0, 0.1) is 5.82 Å². The van der Waals surface area contributed by atoms with Crippen molar-refractivity contribution in [1.82, 2.24) is 9.78 Å². The van der Waals surface area contributed by atoms with Gasteiger partial charge in [0.1, 0.15) is 5.82 Å². The van der Waals surface area contributed by atoms with E-state index in [9.17, 15) is 22.4 Å². The van der Waals surface area contributed by atoms with E-state index >= 15 is 0 Å². The second-order valence-electron chi connectivity index (χ2n) is 9.35. The minimum atomic E-state index is -4.60. The maximum atomic E-state index is 14.9. The minimum Gasteiger partial charge on any atom is -0.267 e. The lowest BCUT2D eigenvalue weighted by molar-refractivity contribution is -0.137. The third-order valence-corrected chi connectivity index (χ3v) is 6.85. The fourth-order valence-corrected chi connectivity index (χ4v) is 4.74. The molecule has 0 N–H and O–H groups in total. The van der Waals surface area contributed by atoms with Gasteiger partial charge in [0.15, 0.2) is 0 Å². The van der Waals surface area contributed by atoms with E-state index in [1.807, 2.05) is 13.0 Å². The van der Waals surface area contributed by atoms with Gasteiger partial charge in [-0.2, -0.15) is 23.0 Å². The van der Waals surface area contributed by atoms with Crippen molar-refractivity contribution < 1.29 is 22.4 Å². The Kier molecular flexibility index (Phi) is 7.59. The number of nitrogens with zero attached hydrogens (tertiary/aromatic N) is 2. The third kappa shape index (κ3) is 5.56. The van der Waals surface area contributed by atoms with Crippen LogP contribution in [0.15, 0.2) is 97.2 Å². The maximum absolute atomic E-state index is 14.9. The largest absolute Gasteiger partial charge is 0.416 e. The first-order valence-electron chi connectivity index (χ1n) is 12.6. The van der Waals surface area contributed by atoms with Gasteiger partial charge in [-0.3, -0.25) is 4.79 Å². The van der Waals surface area contributed by atoms with Crippen LogP contribution in [0.3, 0.4) is 0 Å². The highest BCUT2D eigenvalue weighted by molar-refractivity contribution is 6.30. The minimum absolute atomic E-state index is 0.160. The molecule has 5 rings (SSSR count). The van der Waals surface area contributed by atoms with Crippen LogP contribution in [0.4, 0.5) is 17.6 Å². The summed E-state index contributed by atoms with van der Waals surface area (Å²) in [5.41, 5.74) is 3.18. The molecule has 0 saturated carbocycles. The summed E-state index contributed by atoms with van der Waals surface area (Å²) in [4.78, 5) is 13.5. The summed E-state index contributed by atoms with van der Waals surface area (Å²) >= 11 is 6.06. The Balaban J connectivity index is 1.59. The van der Waals surface area contributed by atoms with Crippen LogP contribution in [-0.4, -0.2) is 15.7 Å². The van der Waals surface area contributed by atoms with Crippen molar-refractivity contribution in [2.75, 3.05) is 0 Å². The van der Waals surface area contributed by atoms with Gasteiger partial charge >= 0.3 is 6.18 Å². The molecule has 0 aliphatic carbocycles. The molecule has 8 heteroatoms. The first-order valence-corrected chi connectivity index (χ1v) is 13.0. The van der Waals surface area contributed by atoms with Gasteiger partial charge in [-0.15, -0.1) is 0 Å². The number of alkyl halides is 3. The fourth-order valence-electron chi connectivity index (χ4n) is 4.62. The Labute approximate surface area is 233 Å². The average Bonchev–Trinajstić information content (AvgIpc) is 3.38. The van der Waals surface area contributed by atoms with Crippen molar-refractivity contribution >= 4 is 17.5 Å². The average molecular weight is 563 g/mol. The van der Waals surface area contributed by atoms with Crippen molar-refractivity contribution in [2.45, 2.75) is 25.9 Å². The molecule has 0 amide bonds. The van der Waals surface area contributed by atoms with Crippen molar-refractivity contribution in [3.05, 3.63) is 125 Å². The second kappa shape index (κ2) is 11.1. The fraction of sp³-hybridized carbons (Fsp3) is 0.125. The number of aryl methyl sites for hydroxylation is 1. The van der Waals surface area contributed by atoms with Gasteiger partial charge in [-0.05, 0) is 59.5 Å². The first kappa shape index (κ1) is 27.3. The predicted octanol–water partition coefficient (Wildman–Crippen LogP) is 9.34. The molecule has 4 aromatic carbocycles. The van der Waals surface area contributed by atoms with Crippen molar-refractivity contribution in [1.29, 1.82) is 0 Å². The van der Waals surface area contributed by atoms with Gasteiger partial charge in [0.05, 0.1) is 17.5 Å². The summed E-state index contributed by atoms with van der Waals surface area (Å²) in [6.07, 6.45) is -1.41. The van der Waals surface area contributed by atoms with E-state index in [1.165, 1.54) is 24.4 Å². The molecule has 0 spiro atoms. The summed E-state index contributed by atoms with van der Waals surface area (Å²) in [6.45, 7) is 2.03. The quantitative estimate of drug-likeness (QED) is 0.193. The zero-order chi connectivity index (χ0) is 28.4. The third-order valence-electron chi connectivity index (χ3n) is 6.60. The molecule has 5 aromatic rings. The molecule has 3 nitrogen and oxygen atoms in total. The lowest BCUT2D eigenvalue weighted by Crippen LogP contribution is -2.16. The van der Waals surface area contributed by atoms with E-state index in [0.29, 0.717) is 38.5 Å². The number of carbonyl (C=O) groups excluding carboxylic acids is 1.